The number of hydrogen-bond donors (Lipinski definition) is 3. The number of phenolic OH excluding ortho intramolecular Hbond substituents is 1. The zero-order valence-electron chi connectivity index (χ0n) is 21.3. The van der Waals surface area contributed by atoms with Crippen LogP contribution in [0.15, 0.2) is 36.5 Å². The van der Waals surface area contributed by atoms with E-state index >= 15 is 0 Å². The summed E-state index contributed by atoms with van der Waals surface area (Å²) in [7, 11) is 0. The fourth-order valence-electron chi connectivity index (χ4n) is 6.14. The Kier molecular flexibility index (Phi) is 7.25. The Morgan fingerprint density at radius 1 is 1.00 bits per heavy atom. The van der Waals surface area contributed by atoms with E-state index in [1.54, 1.807) is 18.3 Å². The summed E-state index contributed by atoms with van der Waals surface area (Å²) in [4.78, 5) is 20.5. The summed E-state index contributed by atoms with van der Waals surface area (Å²) in [6.45, 7) is 2.37. The lowest BCUT2D eigenvalue weighted by molar-refractivity contribution is 0.0968. The molecule has 2 saturated carbocycles. The van der Waals surface area contributed by atoms with E-state index in [2.05, 4.69) is 15.2 Å². The van der Waals surface area contributed by atoms with Gasteiger partial charge in [-0.25, -0.2) is 0 Å². The van der Waals surface area contributed by atoms with Crippen LogP contribution >= 0.6 is 23.2 Å². The van der Waals surface area contributed by atoms with E-state index < -0.39 is 0 Å². The minimum atomic E-state index is -0.129. The number of aromatic hydroxyl groups is 1. The Labute approximate surface area is 233 Å². The number of phenols is 1. The maximum absolute atomic E-state index is 13.3. The van der Waals surface area contributed by atoms with Gasteiger partial charge in [0.25, 0.3) is 0 Å². The summed E-state index contributed by atoms with van der Waals surface area (Å²) in [6.07, 6.45) is 9.01. The zero-order chi connectivity index (χ0) is 26.4. The summed E-state index contributed by atoms with van der Waals surface area (Å²) in [5.74, 6) is 0.551. The van der Waals surface area contributed by atoms with Crippen molar-refractivity contribution in [3.05, 3.63) is 52.1 Å². The molecule has 0 bridgehead atoms. The highest BCUT2D eigenvalue weighted by Gasteiger charge is 2.34. The molecular weight excluding hydrogens is 521 g/mol. The van der Waals surface area contributed by atoms with Crippen LogP contribution in [-0.4, -0.2) is 57.7 Å². The monoisotopic (exact) mass is 553 g/mol. The molecule has 2 heterocycles. The highest BCUT2D eigenvalue weighted by Crippen LogP contribution is 2.41. The van der Waals surface area contributed by atoms with Gasteiger partial charge in [0.1, 0.15) is 0 Å². The van der Waals surface area contributed by atoms with Crippen molar-refractivity contribution in [2.24, 2.45) is 11.8 Å². The molecule has 6 rings (SSSR count). The van der Waals surface area contributed by atoms with Crippen LogP contribution in [-0.2, 0) is 0 Å². The summed E-state index contributed by atoms with van der Waals surface area (Å²) >= 11 is 12.4. The molecule has 3 aliphatic rings. The number of halogens is 2. The number of likely N-dealkylation sites (tertiary alicyclic amines) is 1. The molecular formula is C30H33Cl2N3O3. The van der Waals surface area contributed by atoms with Crippen LogP contribution in [0.4, 0.5) is 5.69 Å². The quantitative estimate of drug-likeness (QED) is 0.288. The van der Waals surface area contributed by atoms with Crippen molar-refractivity contribution in [3.8, 4) is 16.9 Å². The fraction of sp³-hybridized carbons (Fsp3) is 0.467. The minimum absolute atomic E-state index is 0.0954. The Bertz CT molecular complexity index is 1350. The lowest BCUT2D eigenvalue weighted by Crippen LogP contribution is -2.39. The van der Waals surface area contributed by atoms with Crippen molar-refractivity contribution in [2.75, 3.05) is 25.0 Å². The summed E-state index contributed by atoms with van der Waals surface area (Å²) in [5.41, 5.74) is 4.04. The molecule has 1 atom stereocenters. The van der Waals surface area contributed by atoms with Gasteiger partial charge < -0.3 is 20.4 Å². The first-order chi connectivity index (χ1) is 18.4. The molecule has 2 aromatic carbocycles. The average molecular weight is 555 g/mol. The fourth-order valence-corrected chi connectivity index (χ4v) is 6.63. The van der Waals surface area contributed by atoms with Crippen molar-refractivity contribution < 1.29 is 15.0 Å². The van der Waals surface area contributed by atoms with Crippen molar-refractivity contribution in [3.63, 3.8) is 0 Å². The van der Waals surface area contributed by atoms with Gasteiger partial charge in [0.15, 0.2) is 11.5 Å². The number of nitrogens with one attached hydrogen (secondary N) is 1. The highest BCUT2D eigenvalue weighted by atomic mass is 35.5. The number of nitrogens with zero attached hydrogens (tertiary/aromatic N) is 2. The Balaban J connectivity index is 1.30. The minimum Gasteiger partial charge on any atom is -0.505 e. The lowest BCUT2D eigenvalue weighted by atomic mass is 9.89. The predicted octanol–water partition coefficient (Wildman–Crippen LogP) is 6.54. The number of Topliss-reactive ketones (excluding diaryl/α,β-unsaturated/α-hetero) is 1. The van der Waals surface area contributed by atoms with E-state index in [0.29, 0.717) is 17.5 Å². The van der Waals surface area contributed by atoms with Gasteiger partial charge in [0, 0.05) is 42.7 Å². The van der Waals surface area contributed by atoms with Gasteiger partial charge in [-0.2, -0.15) is 0 Å². The third-order valence-corrected chi connectivity index (χ3v) is 9.15. The topological polar surface area (TPSA) is 85.7 Å². The molecule has 1 unspecified atom stereocenters. The molecule has 3 N–H and O–H groups in total. The van der Waals surface area contributed by atoms with E-state index in [0.717, 1.165) is 85.8 Å². The number of rotatable bonds is 7. The number of pyridine rings is 1. The van der Waals surface area contributed by atoms with Crippen molar-refractivity contribution >= 4 is 45.6 Å². The third kappa shape index (κ3) is 5.12. The Morgan fingerprint density at radius 2 is 1.74 bits per heavy atom. The predicted molar refractivity (Wildman–Crippen MR) is 152 cm³/mol. The standard InChI is InChI=1S/C30H33Cl2N3O3/c31-25-12-20(13-26(32)30(25)38)19-3-8-27-23(11-19)28(24(14-33-27)29(37)18-1-2-18)34-21-4-6-22(7-5-21)35-10-9-17(15-35)16-36/h3,8,11-14,17-18,21-22,36,38H,1-2,4-7,9-10,15-16H2,(H,33,34). The Hall–Kier alpha value is -2.38. The van der Waals surface area contributed by atoms with E-state index in [4.69, 9.17) is 23.2 Å². The van der Waals surface area contributed by atoms with Crippen LogP contribution in [0, 0.1) is 11.8 Å². The SMILES string of the molecule is O=C(c1cnc2ccc(-c3cc(Cl)c(O)c(Cl)c3)cc2c1NC1CCC(N2CCC(CO)C2)CC1)C1CC1. The largest absolute Gasteiger partial charge is 0.505 e. The first-order valence-corrected chi connectivity index (χ1v) is 14.4. The molecule has 6 nitrogen and oxygen atoms in total. The second-order valence-corrected chi connectivity index (χ2v) is 12.0. The van der Waals surface area contributed by atoms with Crippen molar-refractivity contribution in [1.82, 2.24) is 9.88 Å². The molecule has 1 aliphatic heterocycles. The van der Waals surface area contributed by atoms with Gasteiger partial charge in [-0.15, -0.1) is 0 Å². The molecule has 0 radical (unpaired) electrons. The summed E-state index contributed by atoms with van der Waals surface area (Å²) < 4.78 is 0. The van der Waals surface area contributed by atoms with Crippen molar-refractivity contribution in [1.29, 1.82) is 0 Å². The number of aliphatic hydroxyl groups excluding tert-OH is 1. The number of benzene rings is 2. The second-order valence-electron chi connectivity index (χ2n) is 11.2. The van der Waals surface area contributed by atoms with E-state index in [1.807, 2.05) is 18.2 Å². The molecule has 3 aromatic rings. The molecule has 2 aliphatic carbocycles. The van der Waals surface area contributed by atoms with Gasteiger partial charge in [-0.3, -0.25) is 9.78 Å². The molecule has 0 amide bonds. The van der Waals surface area contributed by atoms with Gasteiger partial charge >= 0.3 is 0 Å². The van der Waals surface area contributed by atoms with Gasteiger partial charge in [0.05, 0.1) is 26.8 Å². The van der Waals surface area contributed by atoms with Crippen LogP contribution in [0.25, 0.3) is 22.0 Å². The third-order valence-electron chi connectivity index (χ3n) is 8.57. The van der Waals surface area contributed by atoms with Crippen LogP contribution < -0.4 is 5.32 Å². The molecule has 200 valence electrons. The first kappa shape index (κ1) is 25.9. The normalized spacial score (nSPS) is 24.1. The molecule has 8 heteroatoms. The maximum atomic E-state index is 13.3. The van der Waals surface area contributed by atoms with Crippen molar-refractivity contribution in [2.45, 2.75) is 57.0 Å². The number of hydrogen-bond acceptors (Lipinski definition) is 6. The molecule has 38 heavy (non-hydrogen) atoms. The van der Waals surface area contributed by atoms with Gasteiger partial charge in [-0.1, -0.05) is 29.3 Å². The smallest absolute Gasteiger partial charge is 0.169 e. The average Bonchev–Trinajstić information content (AvgIpc) is 3.68. The number of anilines is 1. The number of ketones is 1. The molecule has 1 saturated heterocycles. The van der Waals surface area contributed by atoms with E-state index in [1.165, 1.54) is 0 Å². The van der Waals surface area contributed by atoms with E-state index in [-0.39, 0.29) is 40.1 Å². The molecule has 1 aromatic heterocycles. The number of carbonyl (C=O) groups excluding carboxylic acids is 1. The first-order valence-electron chi connectivity index (χ1n) is 13.7. The number of aromatic nitrogens is 1. The van der Waals surface area contributed by atoms with Gasteiger partial charge in [-0.05, 0) is 92.8 Å². The van der Waals surface area contributed by atoms with Crippen LogP contribution in [0.2, 0.25) is 10.0 Å². The molecule has 0 spiro atoms. The Morgan fingerprint density at radius 3 is 2.39 bits per heavy atom. The lowest BCUT2D eigenvalue weighted by Gasteiger charge is -2.35. The maximum Gasteiger partial charge on any atom is 0.169 e. The van der Waals surface area contributed by atoms with E-state index in [9.17, 15) is 15.0 Å². The number of aliphatic hydroxyl groups is 1. The summed E-state index contributed by atoms with van der Waals surface area (Å²) in [6, 6.07) is 10.2. The molecule has 3 fully saturated rings. The number of carbonyl (C=O) groups is 1. The van der Waals surface area contributed by atoms with Gasteiger partial charge in [0.2, 0.25) is 0 Å². The second kappa shape index (κ2) is 10.6. The zero-order valence-corrected chi connectivity index (χ0v) is 22.8. The summed E-state index contributed by atoms with van der Waals surface area (Å²) in [5, 5.41) is 24.6. The highest BCUT2D eigenvalue weighted by molar-refractivity contribution is 6.37. The number of fused-ring (bicyclic) bond motifs is 1. The van der Waals surface area contributed by atoms with Crippen LogP contribution in [0.5, 0.6) is 5.75 Å². The van der Waals surface area contributed by atoms with Crippen LogP contribution in [0.3, 0.4) is 0 Å². The van der Waals surface area contributed by atoms with Crippen LogP contribution in [0.1, 0.15) is 55.3 Å².